The molecule has 1 aromatic carbocycles. The molecule has 1 aliphatic carbocycles. The Bertz CT molecular complexity index is 549. The highest BCUT2D eigenvalue weighted by atomic mass is 16.6. The van der Waals surface area contributed by atoms with Crippen LogP contribution in [0.1, 0.15) is 29.6 Å². The molecule has 1 saturated carbocycles. The number of rotatable bonds is 5. The monoisotopic (exact) mass is 294 g/mol. The molecule has 114 valence electrons. The summed E-state index contributed by atoms with van der Waals surface area (Å²) in [5, 5.41) is 13.7. The molecule has 1 aromatic rings. The number of nitro groups is 1. The summed E-state index contributed by atoms with van der Waals surface area (Å²) in [6, 6.07) is 3.93. The van der Waals surface area contributed by atoms with E-state index < -0.39 is 4.92 Å². The standard InChI is InChI=1S/C13H18N4O4/c1-21-10-4-2-8(6-10)15-13(18)11-7-9(17(19)20)3-5-12(11)16-14/h3,5,7-8,10,16H,2,4,6,14H2,1H3,(H,15,18). The summed E-state index contributed by atoms with van der Waals surface area (Å²) >= 11 is 0. The van der Waals surface area contributed by atoms with E-state index in [2.05, 4.69) is 10.7 Å². The van der Waals surface area contributed by atoms with E-state index in [0.29, 0.717) is 5.69 Å². The minimum atomic E-state index is -0.548. The van der Waals surface area contributed by atoms with Gasteiger partial charge in [0.15, 0.2) is 0 Å². The van der Waals surface area contributed by atoms with Crippen molar-refractivity contribution in [2.24, 2.45) is 5.84 Å². The molecule has 0 saturated heterocycles. The predicted molar refractivity (Wildman–Crippen MR) is 76.8 cm³/mol. The van der Waals surface area contributed by atoms with Gasteiger partial charge in [0, 0.05) is 25.3 Å². The van der Waals surface area contributed by atoms with Gasteiger partial charge in [0.1, 0.15) is 0 Å². The van der Waals surface area contributed by atoms with E-state index in [1.165, 1.54) is 18.2 Å². The quantitative estimate of drug-likeness (QED) is 0.426. The van der Waals surface area contributed by atoms with Crippen LogP contribution >= 0.6 is 0 Å². The van der Waals surface area contributed by atoms with Gasteiger partial charge in [-0.05, 0) is 25.3 Å². The van der Waals surface area contributed by atoms with Crippen LogP contribution in [0, 0.1) is 10.1 Å². The number of nitro benzene ring substituents is 1. The molecular formula is C13H18N4O4. The van der Waals surface area contributed by atoms with Crippen LogP contribution in [-0.4, -0.2) is 30.1 Å². The van der Waals surface area contributed by atoms with Gasteiger partial charge in [0.05, 0.1) is 22.3 Å². The van der Waals surface area contributed by atoms with Crippen molar-refractivity contribution in [1.29, 1.82) is 0 Å². The lowest BCUT2D eigenvalue weighted by molar-refractivity contribution is -0.384. The molecule has 8 nitrogen and oxygen atoms in total. The van der Waals surface area contributed by atoms with E-state index in [1.807, 2.05) is 0 Å². The minimum Gasteiger partial charge on any atom is -0.381 e. The number of non-ortho nitro benzene ring substituents is 1. The highest BCUT2D eigenvalue weighted by Crippen LogP contribution is 2.24. The number of nitrogens with zero attached hydrogens (tertiary/aromatic N) is 1. The molecular weight excluding hydrogens is 276 g/mol. The highest BCUT2D eigenvalue weighted by Gasteiger charge is 2.27. The summed E-state index contributed by atoms with van der Waals surface area (Å²) in [6.07, 6.45) is 2.60. The number of hydrogen-bond acceptors (Lipinski definition) is 6. The zero-order valence-electron chi connectivity index (χ0n) is 11.7. The van der Waals surface area contributed by atoms with E-state index in [-0.39, 0.29) is 29.3 Å². The van der Waals surface area contributed by atoms with Crippen molar-refractivity contribution in [3.05, 3.63) is 33.9 Å². The zero-order chi connectivity index (χ0) is 15.4. The number of ether oxygens (including phenoxy) is 1. The Labute approximate surface area is 121 Å². The minimum absolute atomic E-state index is 0.00679. The number of methoxy groups -OCH3 is 1. The van der Waals surface area contributed by atoms with Gasteiger partial charge in [0.25, 0.3) is 11.6 Å². The molecule has 1 aliphatic rings. The molecule has 2 atom stereocenters. The molecule has 8 heteroatoms. The van der Waals surface area contributed by atoms with E-state index >= 15 is 0 Å². The number of hydrogen-bond donors (Lipinski definition) is 3. The van der Waals surface area contributed by atoms with E-state index in [1.54, 1.807) is 7.11 Å². The van der Waals surface area contributed by atoms with Crippen molar-refractivity contribution in [3.63, 3.8) is 0 Å². The van der Waals surface area contributed by atoms with Crippen LogP contribution in [0.25, 0.3) is 0 Å². The van der Waals surface area contributed by atoms with Gasteiger partial charge in [-0.15, -0.1) is 0 Å². The van der Waals surface area contributed by atoms with Crippen LogP contribution < -0.4 is 16.6 Å². The molecule has 2 rings (SSSR count). The van der Waals surface area contributed by atoms with Gasteiger partial charge in [-0.2, -0.15) is 0 Å². The molecule has 0 radical (unpaired) electrons. The van der Waals surface area contributed by atoms with Crippen molar-refractivity contribution >= 4 is 17.3 Å². The van der Waals surface area contributed by atoms with Gasteiger partial charge in [-0.3, -0.25) is 20.8 Å². The van der Waals surface area contributed by atoms with Gasteiger partial charge in [-0.1, -0.05) is 0 Å². The molecule has 0 aliphatic heterocycles. The maximum Gasteiger partial charge on any atom is 0.270 e. The molecule has 2 unspecified atom stereocenters. The SMILES string of the molecule is COC1CCC(NC(=O)c2cc([N+](=O)[O-])ccc2NN)C1. The number of anilines is 1. The zero-order valence-corrected chi connectivity index (χ0v) is 11.7. The summed E-state index contributed by atoms with van der Waals surface area (Å²) in [4.78, 5) is 22.5. The summed E-state index contributed by atoms with van der Waals surface area (Å²) in [5.74, 6) is 4.97. The Kier molecular flexibility index (Phi) is 4.71. The fraction of sp³-hybridized carbons (Fsp3) is 0.462. The molecule has 1 fully saturated rings. The summed E-state index contributed by atoms with van der Waals surface area (Å²) in [5.41, 5.74) is 2.73. The first-order chi connectivity index (χ1) is 10.0. The second-order valence-electron chi connectivity index (χ2n) is 4.97. The Morgan fingerprint density at radius 3 is 2.81 bits per heavy atom. The first kappa shape index (κ1) is 15.2. The van der Waals surface area contributed by atoms with E-state index in [0.717, 1.165) is 19.3 Å². The van der Waals surface area contributed by atoms with Crippen LogP contribution in [0.3, 0.4) is 0 Å². The molecule has 0 bridgehead atoms. The number of carbonyl (C=O) groups excluding carboxylic acids is 1. The molecule has 0 aromatic heterocycles. The average molecular weight is 294 g/mol. The number of benzene rings is 1. The topological polar surface area (TPSA) is 120 Å². The first-order valence-electron chi connectivity index (χ1n) is 6.64. The number of nitrogen functional groups attached to an aromatic ring is 1. The smallest absolute Gasteiger partial charge is 0.270 e. The third-order valence-electron chi connectivity index (χ3n) is 3.67. The number of nitrogens with one attached hydrogen (secondary N) is 2. The van der Waals surface area contributed by atoms with Crippen molar-refractivity contribution in [3.8, 4) is 0 Å². The second kappa shape index (κ2) is 6.51. The average Bonchev–Trinajstić information content (AvgIpc) is 2.94. The fourth-order valence-electron chi connectivity index (χ4n) is 2.51. The first-order valence-corrected chi connectivity index (χ1v) is 6.64. The van der Waals surface area contributed by atoms with Gasteiger partial charge >= 0.3 is 0 Å². The van der Waals surface area contributed by atoms with Crippen LogP contribution in [0.15, 0.2) is 18.2 Å². The van der Waals surface area contributed by atoms with E-state index in [9.17, 15) is 14.9 Å². The summed E-state index contributed by atoms with van der Waals surface area (Å²) < 4.78 is 5.25. The lowest BCUT2D eigenvalue weighted by atomic mass is 10.1. The van der Waals surface area contributed by atoms with Crippen molar-refractivity contribution in [2.45, 2.75) is 31.4 Å². The summed E-state index contributed by atoms with van der Waals surface area (Å²) in [7, 11) is 1.64. The van der Waals surface area contributed by atoms with Gasteiger partial charge in [0.2, 0.25) is 0 Å². The Balaban J connectivity index is 2.14. The largest absolute Gasteiger partial charge is 0.381 e. The maximum atomic E-state index is 12.3. The molecule has 1 amide bonds. The van der Waals surface area contributed by atoms with Crippen LogP contribution in [-0.2, 0) is 4.74 Å². The summed E-state index contributed by atoms with van der Waals surface area (Å²) in [6.45, 7) is 0. The maximum absolute atomic E-state index is 12.3. The lowest BCUT2D eigenvalue weighted by Crippen LogP contribution is -2.34. The number of carbonyl (C=O) groups is 1. The van der Waals surface area contributed by atoms with Crippen LogP contribution in [0.5, 0.6) is 0 Å². The van der Waals surface area contributed by atoms with Crippen LogP contribution in [0.4, 0.5) is 11.4 Å². The molecule has 0 spiro atoms. The normalized spacial score (nSPS) is 21.0. The Morgan fingerprint density at radius 2 is 2.24 bits per heavy atom. The molecule has 0 heterocycles. The Hall–Kier alpha value is -2.19. The number of nitrogens with two attached hydrogens (primary N) is 1. The van der Waals surface area contributed by atoms with Crippen LogP contribution in [0.2, 0.25) is 0 Å². The molecule has 21 heavy (non-hydrogen) atoms. The van der Waals surface area contributed by atoms with Gasteiger partial charge in [-0.25, -0.2) is 0 Å². The Morgan fingerprint density at radius 1 is 1.48 bits per heavy atom. The third-order valence-corrected chi connectivity index (χ3v) is 3.67. The van der Waals surface area contributed by atoms with E-state index in [4.69, 9.17) is 10.6 Å². The number of hydrazine groups is 1. The fourth-order valence-corrected chi connectivity index (χ4v) is 2.51. The molecule has 4 N–H and O–H groups in total. The van der Waals surface area contributed by atoms with Crippen molar-refractivity contribution in [2.75, 3.05) is 12.5 Å². The number of amides is 1. The highest BCUT2D eigenvalue weighted by molar-refractivity contribution is 6.00. The van der Waals surface area contributed by atoms with Gasteiger partial charge < -0.3 is 15.5 Å². The second-order valence-corrected chi connectivity index (χ2v) is 4.97. The third kappa shape index (κ3) is 3.47. The van der Waals surface area contributed by atoms with Crippen molar-refractivity contribution in [1.82, 2.24) is 5.32 Å². The van der Waals surface area contributed by atoms with Crippen molar-refractivity contribution < 1.29 is 14.5 Å². The predicted octanol–water partition coefficient (Wildman–Crippen LogP) is 1.18. The lowest BCUT2D eigenvalue weighted by Gasteiger charge is -2.14.